The van der Waals surface area contributed by atoms with Gasteiger partial charge in [-0.15, -0.1) is 0 Å². The van der Waals surface area contributed by atoms with Crippen molar-refractivity contribution in [3.05, 3.63) is 65.4 Å². The number of fused-ring (bicyclic) bond motifs is 1. The van der Waals surface area contributed by atoms with Crippen LogP contribution in [0.1, 0.15) is 5.56 Å². The first-order valence-electron chi connectivity index (χ1n) is 6.60. The maximum atomic E-state index is 12.7. The minimum Gasteiger partial charge on any atom is -0.279 e. The van der Waals surface area contributed by atoms with Gasteiger partial charge >= 0.3 is 0 Å². The SMILES string of the molecule is Cc1c(Cl)cccc1NS(=O)(=O)c1cccc2cnccc12. The van der Waals surface area contributed by atoms with Crippen molar-refractivity contribution in [3.8, 4) is 0 Å². The van der Waals surface area contributed by atoms with Crippen LogP contribution in [0.2, 0.25) is 5.02 Å². The fourth-order valence-electron chi connectivity index (χ4n) is 2.24. The summed E-state index contributed by atoms with van der Waals surface area (Å²) >= 11 is 6.04. The lowest BCUT2D eigenvalue weighted by atomic mass is 10.2. The van der Waals surface area contributed by atoms with E-state index in [1.165, 1.54) is 0 Å². The molecule has 0 radical (unpaired) electrons. The van der Waals surface area contributed by atoms with Gasteiger partial charge in [0.2, 0.25) is 0 Å². The summed E-state index contributed by atoms with van der Waals surface area (Å²) in [5.74, 6) is 0. The van der Waals surface area contributed by atoms with Gasteiger partial charge in [-0.25, -0.2) is 8.42 Å². The maximum absolute atomic E-state index is 12.7. The molecule has 0 spiro atoms. The van der Waals surface area contributed by atoms with Crippen LogP contribution in [-0.2, 0) is 10.0 Å². The van der Waals surface area contributed by atoms with Crippen molar-refractivity contribution in [3.63, 3.8) is 0 Å². The number of aromatic nitrogens is 1. The number of nitrogens with one attached hydrogen (secondary N) is 1. The smallest absolute Gasteiger partial charge is 0.262 e. The van der Waals surface area contributed by atoms with E-state index in [1.54, 1.807) is 55.7 Å². The first-order chi connectivity index (χ1) is 10.5. The number of hydrogen-bond acceptors (Lipinski definition) is 3. The van der Waals surface area contributed by atoms with E-state index in [0.717, 1.165) is 5.39 Å². The molecule has 0 bridgehead atoms. The number of pyridine rings is 1. The average Bonchev–Trinajstić information content (AvgIpc) is 2.51. The zero-order chi connectivity index (χ0) is 15.7. The third kappa shape index (κ3) is 2.65. The average molecular weight is 333 g/mol. The molecule has 4 nitrogen and oxygen atoms in total. The molecule has 0 aliphatic heterocycles. The van der Waals surface area contributed by atoms with Crippen LogP contribution in [0, 0.1) is 6.92 Å². The van der Waals surface area contributed by atoms with Crippen LogP contribution < -0.4 is 4.72 Å². The lowest BCUT2D eigenvalue weighted by molar-refractivity contribution is 0.602. The van der Waals surface area contributed by atoms with Crippen LogP contribution in [0.15, 0.2) is 59.8 Å². The lowest BCUT2D eigenvalue weighted by Crippen LogP contribution is -2.14. The van der Waals surface area contributed by atoms with Gasteiger partial charge in [0.25, 0.3) is 10.0 Å². The Kier molecular flexibility index (Phi) is 3.76. The monoisotopic (exact) mass is 332 g/mol. The third-order valence-electron chi connectivity index (χ3n) is 3.44. The van der Waals surface area contributed by atoms with Crippen molar-refractivity contribution in [2.45, 2.75) is 11.8 Å². The van der Waals surface area contributed by atoms with Crippen LogP contribution in [-0.4, -0.2) is 13.4 Å². The molecule has 2 aromatic carbocycles. The molecule has 0 saturated heterocycles. The van der Waals surface area contributed by atoms with Crippen molar-refractivity contribution >= 4 is 38.1 Å². The minimum atomic E-state index is -3.72. The molecule has 1 aromatic heterocycles. The molecule has 0 aliphatic carbocycles. The maximum Gasteiger partial charge on any atom is 0.262 e. The highest BCUT2D eigenvalue weighted by molar-refractivity contribution is 7.93. The Labute approximate surface area is 133 Å². The summed E-state index contributed by atoms with van der Waals surface area (Å²) in [7, 11) is -3.72. The van der Waals surface area contributed by atoms with Crippen molar-refractivity contribution in [2.75, 3.05) is 4.72 Å². The van der Waals surface area contributed by atoms with Gasteiger partial charge in [0.05, 0.1) is 10.6 Å². The van der Waals surface area contributed by atoms with E-state index in [0.29, 0.717) is 21.7 Å². The standard InChI is InChI=1S/C16H13ClN2O2S/c1-11-14(17)5-3-6-15(11)19-22(20,21)16-7-2-4-12-10-18-9-8-13(12)16/h2-10,19H,1H3. The summed E-state index contributed by atoms with van der Waals surface area (Å²) < 4.78 is 28.0. The van der Waals surface area contributed by atoms with Crippen molar-refractivity contribution < 1.29 is 8.42 Å². The van der Waals surface area contributed by atoms with E-state index < -0.39 is 10.0 Å². The van der Waals surface area contributed by atoms with Gasteiger partial charge in [0.15, 0.2) is 0 Å². The molecule has 0 atom stereocenters. The lowest BCUT2D eigenvalue weighted by Gasteiger charge is -2.13. The van der Waals surface area contributed by atoms with Crippen molar-refractivity contribution in [1.82, 2.24) is 4.98 Å². The molecule has 1 heterocycles. The normalized spacial score (nSPS) is 11.5. The second kappa shape index (κ2) is 5.59. The van der Waals surface area contributed by atoms with Crippen LogP contribution in [0.5, 0.6) is 0 Å². The Morgan fingerprint density at radius 2 is 1.86 bits per heavy atom. The summed E-state index contributed by atoms with van der Waals surface area (Å²) in [5, 5.41) is 1.92. The Bertz CT molecular complexity index is 950. The molecule has 0 saturated carbocycles. The largest absolute Gasteiger partial charge is 0.279 e. The number of hydrogen-bond donors (Lipinski definition) is 1. The molecule has 112 valence electrons. The number of nitrogens with zero attached hydrogens (tertiary/aromatic N) is 1. The number of halogens is 1. The van der Waals surface area contributed by atoms with Gasteiger partial charge < -0.3 is 0 Å². The highest BCUT2D eigenvalue weighted by Crippen LogP contribution is 2.28. The summed E-state index contributed by atoms with van der Waals surface area (Å²) in [4.78, 5) is 4.23. The van der Waals surface area contributed by atoms with Crippen LogP contribution in [0.25, 0.3) is 10.8 Å². The predicted octanol–water partition coefficient (Wildman–Crippen LogP) is 4.00. The van der Waals surface area contributed by atoms with E-state index in [-0.39, 0.29) is 4.90 Å². The highest BCUT2D eigenvalue weighted by Gasteiger charge is 2.18. The quantitative estimate of drug-likeness (QED) is 0.788. The molecule has 22 heavy (non-hydrogen) atoms. The van der Waals surface area contributed by atoms with Crippen molar-refractivity contribution in [2.24, 2.45) is 0 Å². The van der Waals surface area contributed by atoms with Gasteiger partial charge in [-0.1, -0.05) is 29.8 Å². The molecule has 0 fully saturated rings. The molecule has 3 aromatic rings. The van der Waals surface area contributed by atoms with Gasteiger partial charge in [-0.05, 0) is 36.8 Å². The summed E-state index contributed by atoms with van der Waals surface area (Å²) in [6.07, 6.45) is 3.21. The van der Waals surface area contributed by atoms with Gasteiger partial charge in [0.1, 0.15) is 0 Å². The number of rotatable bonds is 3. The minimum absolute atomic E-state index is 0.215. The highest BCUT2D eigenvalue weighted by atomic mass is 35.5. The van der Waals surface area contributed by atoms with Crippen LogP contribution >= 0.6 is 11.6 Å². The van der Waals surface area contributed by atoms with Gasteiger partial charge in [-0.2, -0.15) is 0 Å². The fraction of sp³-hybridized carbons (Fsp3) is 0.0625. The first-order valence-corrected chi connectivity index (χ1v) is 8.46. The number of anilines is 1. The van der Waals surface area contributed by atoms with Gasteiger partial charge in [0, 0.05) is 28.2 Å². The topological polar surface area (TPSA) is 59.1 Å². The summed E-state index contributed by atoms with van der Waals surface area (Å²) in [6, 6.07) is 11.9. The molecular weight excluding hydrogens is 320 g/mol. The van der Waals surface area contributed by atoms with Crippen LogP contribution in [0.4, 0.5) is 5.69 Å². The zero-order valence-electron chi connectivity index (χ0n) is 11.7. The molecule has 6 heteroatoms. The van der Waals surface area contributed by atoms with E-state index in [1.807, 2.05) is 6.07 Å². The molecule has 1 N–H and O–H groups in total. The van der Waals surface area contributed by atoms with Gasteiger partial charge in [-0.3, -0.25) is 9.71 Å². The molecular formula is C16H13ClN2O2S. The Morgan fingerprint density at radius 3 is 2.68 bits per heavy atom. The van der Waals surface area contributed by atoms with E-state index >= 15 is 0 Å². The predicted molar refractivity (Wildman–Crippen MR) is 88.7 cm³/mol. The Morgan fingerprint density at radius 1 is 1.09 bits per heavy atom. The Hall–Kier alpha value is -2.11. The van der Waals surface area contributed by atoms with Crippen molar-refractivity contribution in [1.29, 1.82) is 0 Å². The fourth-order valence-corrected chi connectivity index (χ4v) is 3.77. The molecule has 0 aliphatic rings. The molecule has 0 amide bonds. The van der Waals surface area contributed by atoms with E-state index in [4.69, 9.17) is 11.6 Å². The third-order valence-corrected chi connectivity index (χ3v) is 5.28. The first kappa shape index (κ1) is 14.8. The summed E-state index contributed by atoms with van der Waals surface area (Å²) in [5.41, 5.74) is 1.16. The summed E-state index contributed by atoms with van der Waals surface area (Å²) in [6.45, 7) is 1.77. The number of sulfonamides is 1. The zero-order valence-corrected chi connectivity index (χ0v) is 13.3. The van der Waals surface area contributed by atoms with E-state index in [2.05, 4.69) is 9.71 Å². The Balaban J connectivity index is 2.11. The molecule has 0 unspecified atom stereocenters. The van der Waals surface area contributed by atoms with Crippen LogP contribution in [0.3, 0.4) is 0 Å². The second-order valence-electron chi connectivity index (χ2n) is 4.87. The van der Waals surface area contributed by atoms with E-state index in [9.17, 15) is 8.42 Å². The number of benzene rings is 2. The molecule has 3 rings (SSSR count). The second-order valence-corrected chi connectivity index (χ2v) is 6.93.